The molecule has 4 nitrogen and oxygen atoms in total. The molecular weight excluding hydrogens is 276 g/mol. The van der Waals surface area contributed by atoms with Crippen molar-refractivity contribution < 1.29 is 13.9 Å². The zero-order chi connectivity index (χ0) is 14.8. The summed E-state index contributed by atoms with van der Waals surface area (Å²) >= 11 is 0. The second-order valence-electron chi connectivity index (χ2n) is 4.51. The van der Waals surface area contributed by atoms with Crippen LogP contribution in [-0.4, -0.2) is 20.3 Å². The molecule has 1 atom stereocenters. The van der Waals surface area contributed by atoms with Gasteiger partial charge in [0.25, 0.3) is 0 Å². The first-order valence-electron chi connectivity index (χ1n) is 6.23. The maximum atomic E-state index is 13.7. The van der Waals surface area contributed by atoms with Crippen LogP contribution < -0.4 is 0 Å². The Hall–Kier alpha value is -2.60. The van der Waals surface area contributed by atoms with Crippen molar-refractivity contribution in [1.29, 1.82) is 0 Å². The Morgan fingerprint density at radius 3 is 2.48 bits per heavy atom. The van der Waals surface area contributed by atoms with Crippen molar-refractivity contribution in [2.45, 2.75) is 6.10 Å². The summed E-state index contributed by atoms with van der Waals surface area (Å²) in [4.78, 5) is 3.65. The average Bonchev–Trinajstić information content (AvgIpc) is 2.97. The fourth-order valence-corrected chi connectivity index (χ4v) is 2.13. The second kappa shape index (κ2) is 5.41. The summed E-state index contributed by atoms with van der Waals surface area (Å²) in [5, 5.41) is 17.0. The lowest BCUT2D eigenvalue weighted by Crippen LogP contribution is -2.03. The highest BCUT2D eigenvalue weighted by molar-refractivity contribution is 5.63. The SMILES string of the molecule is OC(c1ccncc1F)c1cn[nH]c1-c1ccc(F)cc1. The Labute approximate surface area is 119 Å². The first kappa shape index (κ1) is 13.4. The molecule has 3 aromatic rings. The summed E-state index contributed by atoms with van der Waals surface area (Å²) in [6, 6.07) is 7.13. The van der Waals surface area contributed by atoms with Gasteiger partial charge < -0.3 is 5.11 Å². The van der Waals surface area contributed by atoms with Gasteiger partial charge in [-0.05, 0) is 30.3 Å². The van der Waals surface area contributed by atoms with E-state index in [1.54, 1.807) is 12.1 Å². The third kappa shape index (κ3) is 2.53. The van der Waals surface area contributed by atoms with Gasteiger partial charge in [0, 0.05) is 22.9 Å². The van der Waals surface area contributed by atoms with Crippen molar-refractivity contribution >= 4 is 0 Å². The Morgan fingerprint density at radius 2 is 1.76 bits per heavy atom. The van der Waals surface area contributed by atoms with E-state index in [9.17, 15) is 13.9 Å². The Morgan fingerprint density at radius 1 is 1.00 bits per heavy atom. The maximum Gasteiger partial charge on any atom is 0.147 e. The molecule has 0 fully saturated rings. The molecule has 1 unspecified atom stereocenters. The molecular formula is C15H11F2N3O. The molecule has 0 aliphatic carbocycles. The average molecular weight is 287 g/mol. The van der Waals surface area contributed by atoms with E-state index in [0.29, 0.717) is 16.8 Å². The minimum Gasteiger partial charge on any atom is -0.383 e. The van der Waals surface area contributed by atoms with Crippen molar-refractivity contribution in [3.05, 3.63) is 71.7 Å². The highest BCUT2D eigenvalue weighted by atomic mass is 19.1. The lowest BCUT2D eigenvalue weighted by Gasteiger charge is -2.12. The molecule has 1 aromatic carbocycles. The summed E-state index contributed by atoms with van der Waals surface area (Å²) in [6.45, 7) is 0. The van der Waals surface area contributed by atoms with Gasteiger partial charge in [0.05, 0.1) is 18.1 Å². The number of pyridine rings is 1. The zero-order valence-corrected chi connectivity index (χ0v) is 10.8. The number of benzene rings is 1. The van der Waals surface area contributed by atoms with Gasteiger partial charge in [-0.2, -0.15) is 5.10 Å². The topological polar surface area (TPSA) is 61.8 Å². The van der Waals surface area contributed by atoms with Crippen LogP contribution in [0.25, 0.3) is 11.3 Å². The summed E-state index contributed by atoms with van der Waals surface area (Å²) < 4.78 is 26.7. The van der Waals surface area contributed by atoms with E-state index in [-0.39, 0.29) is 11.4 Å². The molecule has 0 radical (unpaired) electrons. The largest absolute Gasteiger partial charge is 0.383 e. The number of hydrogen-bond donors (Lipinski definition) is 2. The van der Waals surface area contributed by atoms with Crippen LogP contribution in [0.1, 0.15) is 17.2 Å². The number of aromatic nitrogens is 3. The van der Waals surface area contributed by atoms with Crippen molar-refractivity contribution in [1.82, 2.24) is 15.2 Å². The standard InChI is InChI=1S/C15H11F2N3O/c16-10-3-1-9(2-4-10)14-12(7-19-20-14)15(21)11-5-6-18-8-13(11)17/h1-8,15,21H,(H,19,20). The first-order valence-corrected chi connectivity index (χ1v) is 6.23. The lowest BCUT2D eigenvalue weighted by molar-refractivity contribution is 0.215. The highest BCUT2D eigenvalue weighted by Gasteiger charge is 2.20. The monoisotopic (exact) mass is 287 g/mol. The van der Waals surface area contributed by atoms with E-state index in [1.165, 1.54) is 30.6 Å². The van der Waals surface area contributed by atoms with E-state index < -0.39 is 11.9 Å². The van der Waals surface area contributed by atoms with Crippen LogP contribution in [0.5, 0.6) is 0 Å². The fourth-order valence-electron chi connectivity index (χ4n) is 2.13. The number of nitrogens with zero attached hydrogens (tertiary/aromatic N) is 2. The zero-order valence-electron chi connectivity index (χ0n) is 10.8. The molecule has 0 amide bonds. The minimum atomic E-state index is -1.19. The van der Waals surface area contributed by atoms with Gasteiger partial charge >= 0.3 is 0 Å². The molecule has 6 heteroatoms. The van der Waals surface area contributed by atoms with Crippen molar-refractivity contribution in [3.63, 3.8) is 0 Å². The van der Waals surface area contributed by atoms with Crippen LogP contribution in [0.4, 0.5) is 8.78 Å². The van der Waals surface area contributed by atoms with E-state index in [1.807, 2.05) is 0 Å². The minimum absolute atomic E-state index is 0.106. The number of H-pyrrole nitrogens is 1. The number of nitrogens with one attached hydrogen (secondary N) is 1. The first-order chi connectivity index (χ1) is 10.2. The van der Waals surface area contributed by atoms with Gasteiger partial charge in [-0.25, -0.2) is 8.78 Å². The number of halogens is 2. The third-order valence-electron chi connectivity index (χ3n) is 3.19. The smallest absolute Gasteiger partial charge is 0.147 e. The molecule has 0 aliphatic rings. The predicted octanol–water partition coefficient (Wildman–Crippen LogP) is 2.83. The van der Waals surface area contributed by atoms with E-state index in [4.69, 9.17) is 0 Å². The van der Waals surface area contributed by atoms with Crippen molar-refractivity contribution in [2.24, 2.45) is 0 Å². The molecule has 2 aromatic heterocycles. The summed E-state index contributed by atoms with van der Waals surface area (Å²) in [5.74, 6) is -0.961. The number of aromatic amines is 1. The number of rotatable bonds is 3. The maximum absolute atomic E-state index is 13.7. The van der Waals surface area contributed by atoms with Crippen LogP contribution in [0.15, 0.2) is 48.9 Å². The Kier molecular flexibility index (Phi) is 3.45. The van der Waals surface area contributed by atoms with E-state index in [0.717, 1.165) is 6.20 Å². The van der Waals surface area contributed by atoms with E-state index >= 15 is 0 Å². The van der Waals surface area contributed by atoms with Gasteiger partial charge in [0.1, 0.15) is 17.7 Å². The van der Waals surface area contributed by atoms with Crippen LogP contribution in [0.3, 0.4) is 0 Å². The molecule has 2 N–H and O–H groups in total. The normalized spacial score (nSPS) is 12.3. The van der Waals surface area contributed by atoms with Crippen LogP contribution >= 0.6 is 0 Å². The molecule has 0 bridgehead atoms. The summed E-state index contributed by atoms with van der Waals surface area (Å²) in [6.07, 6.45) is 2.67. The van der Waals surface area contributed by atoms with Gasteiger partial charge in [0.2, 0.25) is 0 Å². The molecule has 0 saturated heterocycles. The number of aliphatic hydroxyl groups is 1. The lowest BCUT2D eigenvalue weighted by atomic mass is 9.99. The molecule has 106 valence electrons. The fraction of sp³-hybridized carbons (Fsp3) is 0.0667. The molecule has 0 spiro atoms. The molecule has 3 rings (SSSR count). The van der Waals surface area contributed by atoms with Gasteiger partial charge in [-0.3, -0.25) is 10.1 Å². The molecule has 0 aliphatic heterocycles. The van der Waals surface area contributed by atoms with Crippen LogP contribution in [0.2, 0.25) is 0 Å². The highest BCUT2D eigenvalue weighted by Crippen LogP contribution is 2.30. The van der Waals surface area contributed by atoms with Crippen LogP contribution in [0, 0.1) is 11.6 Å². The summed E-state index contributed by atoms with van der Waals surface area (Å²) in [5.41, 5.74) is 1.68. The number of aliphatic hydroxyl groups excluding tert-OH is 1. The Balaban J connectivity index is 2.03. The third-order valence-corrected chi connectivity index (χ3v) is 3.19. The quantitative estimate of drug-likeness (QED) is 0.778. The molecule has 0 saturated carbocycles. The van der Waals surface area contributed by atoms with Gasteiger partial charge in [-0.1, -0.05) is 0 Å². The van der Waals surface area contributed by atoms with Gasteiger partial charge in [0.15, 0.2) is 0 Å². The molecule has 2 heterocycles. The number of hydrogen-bond acceptors (Lipinski definition) is 3. The van der Waals surface area contributed by atoms with Crippen molar-refractivity contribution in [2.75, 3.05) is 0 Å². The van der Waals surface area contributed by atoms with Crippen molar-refractivity contribution in [3.8, 4) is 11.3 Å². The second-order valence-corrected chi connectivity index (χ2v) is 4.51. The summed E-state index contributed by atoms with van der Waals surface area (Å²) in [7, 11) is 0. The predicted molar refractivity (Wildman–Crippen MR) is 72.2 cm³/mol. The van der Waals surface area contributed by atoms with Crippen LogP contribution in [-0.2, 0) is 0 Å². The van der Waals surface area contributed by atoms with E-state index in [2.05, 4.69) is 15.2 Å². The molecule has 21 heavy (non-hydrogen) atoms. The van der Waals surface area contributed by atoms with Gasteiger partial charge in [-0.15, -0.1) is 0 Å². The Bertz CT molecular complexity index is 756.